The normalized spacial score (nSPS) is 29.5. The number of carbonyl (C=O) groups is 1. The third-order valence-corrected chi connectivity index (χ3v) is 7.19. The molecular weight excluding hydrogens is 362 g/mol. The molecule has 2 saturated carbocycles. The molecule has 3 aliphatic rings. The average Bonchev–Trinajstić information content (AvgIpc) is 3.54. The second-order valence-corrected chi connectivity index (χ2v) is 9.16. The van der Waals surface area contributed by atoms with E-state index in [0.717, 1.165) is 37.2 Å². The molecule has 2 aliphatic carbocycles. The number of amides is 2. The van der Waals surface area contributed by atoms with Gasteiger partial charge >= 0.3 is 6.03 Å². The van der Waals surface area contributed by atoms with E-state index in [0.29, 0.717) is 12.5 Å². The van der Waals surface area contributed by atoms with Crippen LogP contribution in [0.15, 0.2) is 42.7 Å². The van der Waals surface area contributed by atoms with Gasteiger partial charge in [0, 0.05) is 11.5 Å². The van der Waals surface area contributed by atoms with Crippen molar-refractivity contribution in [3.8, 4) is 0 Å². The lowest BCUT2D eigenvalue weighted by Gasteiger charge is -2.48. The number of nitrogens with zero attached hydrogens (tertiary/aromatic N) is 4. The summed E-state index contributed by atoms with van der Waals surface area (Å²) in [4.78, 5) is 26.0. The predicted molar refractivity (Wildman–Crippen MR) is 113 cm³/mol. The van der Waals surface area contributed by atoms with Gasteiger partial charge in [-0.15, -0.1) is 0 Å². The zero-order valence-electron chi connectivity index (χ0n) is 17.3. The molecule has 2 heterocycles. The molecule has 3 fully saturated rings. The maximum absolute atomic E-state index is 12.8. The molecule has 1 aromatic carbocycles. The van der Waals surface area contributed by atoms with Gasteiger partial charge in [0.15, 0.2) is 0 Å². The van der Waals surface area contributed by atoms with Crippen molar-refractivity contribution in [1.82, 2.24) is 20.2 Å². The van der Waals surface area contributed by atoms with Crippen LogP contribution in [0.3, 0.4) is 0 Å². The molecule has 152 valence electrons. The molecule has 1 saturated heterocycles. The Morgan fingerprint density at radius 3 is 2.28 bits per heavy atom. The molecule has 1 N–H and O–H groups in total. The van der Waals surface area contributed by atoms with Crippen LogP contribution >= 0.6 is 0 Å². The summed E-state index contributed by atoms with van der Waals surface area (Å²) in [5.41, 5.74) is 2.03. The van der Waals surface area contributed by atoms with Gasteiger partial charge in [-0.2, -0.15) is 0 Å². The first kappa shape index (κ1) is 18.6. The van der Waals surface area contributed by atoms with E-state index in [9.17, 15) is 4.79 Å². The average molecular weight is 392 g/mol. The summed E-state index contributed by atoms with van der Waals surface area (Å²) in [5.74, 6) is 1.44. The van der Waals surface area contributed by atoms with Crippen LogP contribution in [0.25, 0.3) is 0 Å². The Hall–Kier alpha value is -2.47. The molecule has 0 atom stereocenters. The van der Waals surface area contributed by atoms with E-state index in [1.54, 1.807) is 0 Å². The highest BCUT2D eigenvalue weighted by molar-refractivity contribution is 5.95. The quantitative estimate of drug-likeness (QED) is 0.864. The molecule has 29 heavy (non-hydrogen) atoms. The number of hydrogen-bond donors (Lipinski definition) is 1. The van der Waals surface area contributed by atoms with E-state index in [2.05, 4.69) is 64.6 Å². The van der Waals surface area contributed by atoms with Crippen LogP contribution in [0.4, 0.5) is 10.5 Å². The van der Waals surface area contributed by atoms with Gasteiger partial charge in [0.25, 0.3) is 0 Å². The molecule has 0 bridgehead atoms. The third kappa shape index (κ3) is 3.19. The van der Waals surface area contributed by atoms with E-state index in [4.69, 9.17) is 0 Å². The standard InChI is InChI=1S/C23H29N5O/c1-27(2)23(18-6-4-3-5-7-18)12-10-22(11-13-23)16-28(21(29)26-22)19-14-24-20(25-15-19)17-8-9-17/h3-7,14-15,17H,8-13,16H2,1-2H3,(H,26,29)/t22-,23+. The number of aromatic nitrogens is 2. The predicted octanol–water partition coefficient (Wildman–Crippen LogP) is 3.65. The second-order valence-electron chi connectivity index (χ2n) is 9.16. The van der Waals surface area contributed by atoms with E-state index >= 15 is 0 Å². The Bertz CT molecular complexity index is 883. The minimum absolute atomic E-state index is 0.0233. The lowest BCUT2D eigenvalue weighted by atomic mass is 9.69. The molecule has 2 aromatic rings. The maximum atomic E-state index is 12.8. The number of benzene rings is 1. The van der Waals surface area contributed by atoms with Gasteiger partial charge in [0.05, 0.1) is 30.2 Å². The number of urea groups is 1. The molecule has 1 spiro atoms. The molecule has 0 unspecified atom stereocenters. The Balaban J connectivity index is 1.33. The van der Waals surface area contributed by atoms with Crippen molar-refractivity contribution in [2.75, 3.05) is 25.5 Å². The highest BCUT2D eigenvalue weighted by atomic mass is 16.2. The van der Waals surface area contributed by atoms with Crippen LogP contribution in [0.2, 0.25) is 0 Å². The molecule has 1 aromatic heterocycles. The number of hydrogen-bond acceptors (Lipinski definition) is 4. The van der Waals surface area contributed by atoms with Crippen molar-refractivity contribution in [2.45, 2.75) is 55.5 Å². The number of nitrogens with one attached hydrogen (secondary N) is 1. The van der Waals surface area contributed by atoms with Crippen molar-refractivity contribution in [3.05, 3.63) is 54.1 Å². The van der Waals surface area contributed by atoms with Crippen LogP contribution < -0.4 is 10.2 Å². The summed E-state index contributed by atoms with van der Waals surface area (Å²) in [5, 5.41) is 3.31. The van der Waals surface area contributed by atoms with Gasteiger partial charge in [0.1, 0.15) is 5.82 Å². The highest BCUT2D eigenvalue weighted by Crippen LogP contribution is 2.46. The Labute approximate surface area is 172 Å². The molecule has 6 nitrogen and oxygen atoms in total. The highest BCUT2D eigenvalue weighted by Gasteiger charge is 2.50. The minimum Gasteiger partial charge on any atom is -0.330 e. The molecule has 2 amide bonds. The van der Waals surface area contributed by atoms with Crippen molar-refractivity contribution in [3.63, 3.8) is 0 Å². The van der Waals surface area contributed by atoms with Gasteiger partial charge in [0.2, 0.25) is 0 Å². The zero-order chi connectivity index (χ0) is 20.1. The first-order chi connectivity index (χ1) is 14.0. The molecule has 0 radical (unpaired) electrons. The molecule has 1 aliphatic heterocycles. The Kier molecular flexibility index (Phi) is 4.35. The van der Waals surface area contributed by atoms with E-state index in [1.807, 2.05) is 17.3 Å². The van der Waals surface area contributed by atoms with Crippen LogP contribution in [-0.2, 0) is 5.54 Å². The van der Waals surface area contributed by atoms with Crippen LogP contribution in [0.5, 0.6) is 0 Å². The topological polar surface area (TPSA) is 61.4 Å². The zero-order valence-corrected chi connectivity index (χ0v) is 17.3. The van der Waals surface area contributed by atoms with Crippen LogP contribution in [-0.4, -0.2) is 47.1 Å². The van der Waals surface area contributed by atoms with Gasteiger partial charge in [-0.25, -0.2) is 14.8 Å². The summed E-state index contributed by atoms with van der Waals surface area (Å²) in [6, 6.07) is 10.8. The largest absolute Gasteiger partial charge is 0.330 e. The smallest absolute Gasteiger partial charge is 0.322 e. The second kappa shape index (κ2) is 6.80. The number of rotatable bonds is 4. The van der Waals surface area contributed by atoms with E-state index in [1.165, 1.54) is 18.4 Å². The summed E-state index contributed by atoms with van der Waals surface area (Å²) < 4.78 is 0. The van der Waals surface area contributed by atoms with Crippen molar-refractivity contribution >= 4 is 11.7 Å². The molecular formula is C23H29N5O. The SMILES string of the molecule is CN(C)[C@]1(c2ccccc2)CC[C@]2(CC1)CN(c1cnc(C3CC3)nc1)C(=O)N2. The van der Waals surface area contributed by atoms with Gasteiger partial charge in [-0.05, 0) is 58.2 Å². The van der Waals surface area contributed by atoms with Gasteiger partial charge in [-0.3, -0.25) is 9.80 Å². The first-order valence-electron chi connectivity index (χ1n) is 10.7. The number of anilines is 1. The Morgan fingerprint density at radius 2 is 1.69 bits per heavy atom. The fourth-order valence-corrected chi connectivity index (χ4v) is 5.11. The molecule has 6 heteroatoms. The van der Waals surface area contributed by atoms with Crippen molar-refractivity contribution < 1.29 is 4.79 Å². The Morgan fingerprint density at radius 1 is 1.03 bits per heavy atom. The van der Waals surface area contributed by atoms with E-state index < -0.39 is 0 Å². The fourth-order valence-electron chi connectivity index (χ4n) is 5.11. The summed E-state index contributed by atoms with van der Waals surface area (Å²) in [7, 11) is 4.34. The summed E-state index contributed by atoms with van der Waals surface area (Å²) in [6.07, 6.45) is 9.97. The lowest BCUT2D eigenvalue weighted by molar-refractivity contribution is 0.0658. The minimum atomic E-state index is -0.166. The number of carbonyl (C=O) groups excluding carboxylic acids is 1. The van der Waals surface area contributed by atoms with E-state index in [-0.39, 0.29) is 17.1 Å². The van der Waals surface area contributed by atoms with Gasteiger partial charge < -0.3 is 5.32 Å². The summed E-state index contributed by atoms with van der Waals surface area (Å²) >= 11 is 0. The van der Waals surface area contributed by atoms with Crippen molar-refractivity contribution in [1.29, 1.82) is 0 Å². The van der Waals surface area contributed by atoms with Crippen LogP contribution in [0.1, 0.15) is 55.8 Å². The third-order valence-electron chi connectivity index (χ3n) is 7.19. The molecule has 5 rings (SSSR count). The fraction of sp³-hybridized carbons (Fsp3) is 0.522. The summed E-state index contributed by atoms with van der Waals surface area (Å²) in [6.45, 7) is 0.691. The van der Waals surface area contributed by atoms with Crippen LogP contribution in [0, 0.1) is 0 Å². The van der Waals surface area contributed by atoms with Crippen molar-refractivity contribution in [2.24, 2.45) is 0 Å². The van der Waals surface area contributed by atoms with Gasteiger partial charge in [-0.1, -0.05) is 30.3 Å². The first-order valence-corrected chi connectivity index (χ1v) is 10.7. The maximum Gasteiger partial charge on any atom is 0.322 e. The monoisotopic (exact) mass is 391 g/mol. The lowest BCUT2D eigenvalue weighted by Crippen LogP contribution is -2.54.